The first kappa shape index (κ1) is 17.1. The van der Waals surface area contributed by atoms with Crippen LogP contribution in [-0.4, -0.2) is 14.8 Å². The number of benzene rings is 2. The lowest BCUT2D eigenvalue weighted by Gasteiger charge is -2.12. The minimum Gasteiger partial charge on any atom is -0.302 e. The van der Waals surface area contributed by atoms with E-state index in [-0.39, 0.29) is 0 Å². The first-order valence-electron chi connectivity index (χ1n) is 8.00. The lowest BCUT2D eigenvalue weighted by atomic mass is 10.2. The van der Waals surface area contributed by atoms with Gasteiger partial charge in [-0.1, -0.05) is 85.7 Å². The molecule has 0 radical (unpaired) electrons. The fourth-order valence-corrected chi connectivity index (χ4v) is 3.72. The monoisotopic (exact) mass is 357 g/mol. The van der Waals surface area contributed by atoms with Gasteiger partial charge in [-0.25, -0.2) is 0 Å². The van der Waals surface area contributed by atoms with Gasteiger partial charge in [0.2, 0.25) is 0 Å². The SMILES string of the molecule is CC(C)Cn1c(SCc2ccccc2Cl)nnc1-c1ccccc1. The van der Waals surface area contributed by atoms with E-state index in [1.54, 1.807) is 11.8 Å². The molecule has 0 atom stereocenters. The number of rotatable bonds is 6. The standard InChI is InChI=1S/C19H20ClN3S/c1-14(2)12-23-18(15-8-4-3-5-9-15)21-22-19(23)24-13-16-10-6-7-11-17(16)20/h3-11,14H,12-13H2,1-2H3. The molecule has 3 nitrogen and oxygen atoms in total. The highest BCUT2D eigenvalue weighted by Crippen LogP contribution is 2.29. The number of hydrogen-bond acceptors (Lipinski definition) is 3. The summed E-state index contributed by atoms with van der Waals surface area (Å²) in [6, 6.07) is 18.1. The summed E-state index contributed by atoms with van der Waals surface area (Å²) < 4.78 is 2.21. The molecule has 24 heavy (non-hydrogen) atoms. The van der Waals surface area contributed by atoms with Gasteiger partial charge < -0.3 is 4.57 Å². The molecule has 1 heterocycles. The van der Waals surface area contributed by atoms with Gasteiger partial charge in [0.15, 0.2) is 11.0 Å². The molecule has 0 saturated heterocycles. The number of aromatic nitrogens is 3. The smallest absolute Gasteiger partial charge is 0.191 e. The van der Waals surface area contributed by atoms with Crippen molar-refractivity contribution < 1.29 is 0 Å². The molecular weight excluding hydrogens is 338 g/mol. The minimum atomic E-state index is 0.517. The number of halogens is 1. The van der Waals surface area contributed by atoms with Crippen molar-refractivity contribution in [2.45, 2.75) is 31.3 Å². The molecule has 0 aliphatic heterocycles. The van der Waals surface area contributed by atoms with Gasteiger partial charge in [0.1, 0.15) is 0 Å². The maximum atomic E-state index is 6.26. The average molecular weight is 358 g/mol. The molecule has 5 heteroatoms. The van der Waals surface area contributed by atoms with E-state index < -0.39 is 0 Å². The molecule has 2 aromatic carbocycles. The van der Waals surface area contributed by atoms with Crippen molar-refractivity contribution in [1.82, 2.24) is 14.8 Å². The van der Waals surface area contributed by atoms with Crippen LogP contribution in [0.25, 0.3) is 11.4 Å². The largest absolute Gasteiger partial charge is 0.302 e. The minimum absolute atomic E-state index is 0.517. The zero-order valence-corrected chi connectivity index (χ0v) is 15.4. The average Bonchev–Trinajstić information content (AvgIpc) is 2.97. The summed E-state index contributed by atoms with van der Waals surface area (Å²) >= 11 is 7.94. The van der Waals surface area contributed by atoms with Crippen LogP contribution in [0.2, 0.25) is 5.02 Å². The molecule has 124 valence electrons. The highest BCUT2D eigenvalue weighted by molar-refractivity contribution is 7.98. The topological polar surface area (TPSA) is 30.7 Å². The number of nitrogens with zero attached hydrogens (tertiary/aromatic N) is 3. The van der Waals surface area contributed by atoms with E-state index in [2.05, 4.69) is 46.8 Å². The predicted octanol–water partition coefficient (Wildman–Crippen LogP) is 5.55. The molecule has 0 aliphatic carbocycles. The molecule has 0 bridgehead atoms. The van der Waals surface area contributed by atoms with E-state index in [0.717, 1.165) is 39.4 Å². The maximum Gasteiger partial charge on any atom is 0.191 e. The summed E-state index contributed by atoms with van der Waals surface area (Å²) in [6.07, 6.45) is 0. The Hall–Kier alpha value is -1.78. The van der Waals surface area contributed by atoms with Gasteiger partial charge in [0.25, 0.3) is 0 Å². The maximum absolute atomic E-state index is 6.26. The van der Waals surface area contributed by atoms with Crippen LogP contribution >= 0.6 is 23.4 Å². The third-order valence-electron chi connectivity index (χ3n) is 3.61. The van der Waals surface area contributed by atoms with Gasteiger partial charge in [0, 0.05) is 22.9 Å². The van der Waals surface area contributed by atoms with Crippen molar-refractivity contribution in [3.63, 3.8) is 0 Å². The van der Waals surface area contributed by atoms with E-state index in [9.17, 15) is 0 Å². The van der Waals surface area contributed by atoms with Crippen LogP contribution in [0.15, 0.2) is 59.8 Å². The van der Waals surface area contributed by atoms with Crippen LogP contribution in [0, 0.1) is 5.92 Å². The van der Waals surface area contributed by atoms with Crippen LogP contribution in [-0.2, 0) is 12.3 Å². The van der Waals surface area contributed by atoms with Crippen LogP contribution in [0.1, 0.15) is 19.4 Å². The van der Waals surface area contributed by atoms with Crippen molar-refractivity contribution in [3.8, 4) is 11.4 Å². The van der Waals surface area contributed by atoms with Gasteiger partial charge in [-0.05, 0) is 17.5 Å². The Morgan fingerprint density at radius 2 is 1.71 bits per heavy atom. The second-order valence-electron chi connectivity index (χ2n) is 6.06. The molecular formula is C19H20ClN3S. The molecule has 0 N–H and O–H groups in total. The van der Waals surface area contributed by atoms with E-state index in [4.69, 9.17) is 11.6 Å². The number of hydrogen-bond donors (Lipinski definition) is 0. The van der Waals surface area contributed by atoms with Crippen molar-refractivity contribution in [2.24, 2.45) is 5.92 Å². The third kappa shape index (κ3) is 4.00. The van der Waals surface area contributed by atoms with Gasteiger partial charge >= 0.3 is 0 Å². The molecule has 0 aliphatic rings. The van der Waals surface area contributed by atoms with Crippen LogP contribution in [0.5, 0.6) is 0 Å². The zero-order chi connectivity index (χ0) is 16.9. The molecule has 0 fully saturated rings. The summed E-state index contributed by atoms with van der Waals surface area (Å²) in [5, 5.41) is 10.6. The van der Waals surface area contributed by atoms with E-state index in [1.807, 2.05) is 36.4 Å². The lowest BCUT2D eigenvalue weighted by molar-refractivity contribution is 0.498. The second kappa shape index (κ2) is 7.86. The van der Waals surface area contributed by atoms with E-state index >= 15 is 0 Å². The highest BCUT2D eigenvalue weighted by Gasteiger charge is 2.15. The Morgan fingerprint density at radius 1 is 1.00 bits per heavy atom. The Kier molecular flexibility index (Phi) is 5.59. The zero-order valence-electron chi connectivity index (χ0n) is 13.8. The quantitative estimate of drug-likeness (QED) is 0.542. The van der Waals surface area contributed by atoms with Crippen molar-refractivity contribution >= 4 is 23.4 Å². The molecule has 0 unspecified atom stereocenters. The molecule has 1 aromatic heterocycles. The molecule has 0 saturated carbocycles. The third-order valence-corrected chi connectivity index (χ3v) is 5.00. The van der Waals surface area contributed by atoms with Crippen LogP contribution in [0.3, 0.4) is 0 Å². The predicted molar refractivity (Wildman–Crippen MR) is 101 cm³/mol. The normalized spacial score (nSPS) is 11.2. The summed E-state index contributed by atoms with van der Waals surface area (Å²) in [4.78, 5) is 0. The summed E-state index contributed by atoms with van der Waals surface area (Å²) in [5.41, 5.74) is 2.21. The Bertz CT molecular complexity index is 799. The summed E-state index contributed by atoms with van der Waals surface area (Å²) in [7, 11) is 0. The van der Waals surface area contributed by atoms with Crippen molar-refractivity contribution in [1.29, 1.82) is 0 Å². The highest BCUT2D eigenvalue weighted by atomic mass is 35.5. The molecule has 0 spiro atoms. The van der Waals surface area contributed by atoms with Gasteiger partial charge in [0.05, 0.1) is 0 Å². The van der Waals surface area contributed by atoms with Crippen molar-refractivity contribution in [2.75, 3.05) is 0 Å². The Morgan fingerprint density at radius 3 is 2.42 bits per heavy atom. The fraction of sp³-hybridized carbons (Fsp3) is 0.263. The molecule has 3 rings (SSSR count). The first-order valence-corrected chi connectivity index (χ1v) is 9.36. The van der Waals surface area contributed by atoms with Crippen LogP contribution < -0.4 is 0 Å². The van der Waals surface area contributed by atoms with E-state index in [1.165, 1.54) is 0 Å². The van der Waals surface area contributed by atoms with Crippen molar-refractivity contribution in [3.05, 3.63) is 65.2 Å². The second-order valence-corrected chi connectivity index (χ2v) is 7.41. The lowest BCUT2D eigenvalue weighted by Crippen LogP contribution is -2.07. The Balaban J connectivity index is 1.88. The Labute approximate surface area is 152 Å². The number of thioether (sulfide) groups is 1. The fourth-order valence-electron chi connectivity index (χ4n) is 2.48. The van der Waals surface area contributed by atoms with Gasteiger partial charge in [-0.15, -0.1) is 10.2 Å². The summed E-state index contributed by atoms with van der Waals surface area (Å²) in [5.74, 6) is 2.22. The summed E-state index contributed by atoms with van der Waals surface area (Å²) in [6.45, 7) is 5.30. The van der Waals surface area contributed by atoms with E-state index in [0.29, 0.717) is 5.92 Å². The van der Waals surface area contributed by atoms with Gasteiger partial charge in [-0.3, -0.25) is 0 Å². The first-order chi connectivity index (χ1) is 11.6. The van der Waals surface area contributed by atoms with Crippen LogP contribution in [0.4, 0.5) is 0 Å². The van der Waals surface area contributed by atoms with Gasteiger partial charge in [-0.2, -0.15) is 0 Å². The molecule has 3 aromatic rings. The molecule has 0 amide bonds.